The van der Waals surface area contributed by atoms with Gasteiger partial charge in [0.15, 0.2) is 0 Å². The molecule has 28 heavy (non-hydrogen) atoms. The van der Waals surface area contributed by atoms with Crippen molar-refractivity contribution in [2.45, 2.75) is 53.2 Å². The zero-order valence-corrected chi connectivity index (χ0v) is 17.0. The number of aryl methyl sites for hydroxylation is 2. The maximum Gasteiger partial charge on any atom is 0.123 e. The molecule has 2 atom stereocenters. The number of hydrogen-bond donors (Lipinski definition) is 3. The van der Waals surface area contributed by atoms with Crippen LogP contribution in [0.4, 0.5) is 5.69 Å². The lowest BCUT2D eigenvalue weighted by molar-refractivity contribution is 0.0778. The molecule has 3 rings (SSSR count). The van der Waals surface area contributed by atoms with Crippen molar-refractivity contribution in [3.63, 3.8) is 0 Å². The number of rotatable bonds is 6. The number of benzene rings is 1. The average Bonchev–Trinajstić information content (AvgIpc) is 3.05. The monoisotopic (exact) mass is 383 g/mol. The van der Waals surface area contributed by atoms with Crippen molar-refractivity contribution in [1.29, 1.82) is 0 Å². The SMILES string of the molecule is CCc1ccc(-c2cc(C)n(CC(O)CO)n2)cc1N=C1CC(C)C(C)=NN1. The van der Waals surface area contributed by atoms with Crippen LogP contribution < -0.4 is 5.43 Å². The third-order valence-electron chi connectivity index (χ3n) is 5.17. The fraction of sp³-hybridized carbons (Fsp3) is 0.476. The number of aliphatic imine (C=N–C) groups is 1. The van der Waals surface area contributed by atoms with Gasteiger partial charge in [-0.2, -0.15) is 10.2 Å². The normalized spacial score (nSPS) is 19.4. The third kappa shape index (κ3) is 4.48. The van der Waals surface area contributed by atoms with E-state index < -0.39 is 6.10 Å². The molecule has 1 aromatic heterocycles. The predicted molar refractivity (Wildman–Crippen MR) is 112 cm³/mol. The Labute approximate surface area is 165 Å². The number of amidine groups is 1. The zero-order chi connectivity index (χ0) is 20.3. The highest BCUT2D eigenvalue weighted by molar-refractivity contribution is 5.96. The Balaban J connectivity index is 1.93. The molecular weight excluding hydrogens is 354 g/mol. The van der Waals surface area contributed by atoms with Crippen LogP contribution in [0.1, 0.15) is 38.4 Å². The number of nitrogens with one attached hydrogen (secondary N) is 1. The molecule has 3 N–H and O–H groups in total. The van der Waals surface area contributed by atoms with Gasteiger partial charge >= 0.3 is 0 Å². The highest BCUT2D eigenvalue weighted by Crippen LogP contribution is 2.29. The lowest BCUT2D eigenvalue weighted by atomic mass is 10.0. The molecule has 2 aromatic rings. The van der Waals surface area contributed by atoms with Gasteiger partial charge in [0.25, 0.3) is 0 Å². The standard InChI is InChI=1S/C21H29N5O2/c1-5-16-6-7-17(20-9-14(3)26(25-20)11-18(28)12-27)10-19(16)22-21-8-13(2)15(4)23-24-21/h6-7,9-10,13,18,27-28H,5,8,11-12H2,1-4H3,(H,22,24). The second kappa shape index (κ2) is 8.67. The van der Waals surface area contributed by atoms with Crippen LogP contribution in [0.25, 0.3) is 11.3 Å². The van der Waals surface area contributed by atoms with E-state index >= 15 is 0 Å². The van der Waals surface area contributed by atoms with Crippen molar-refractivity contribution in [3.8, 4) is 11.3 Å². The number of aromatic nitrogens is 2. The first kappa shape index (κ1) is 20.2. The summed E-state index contributed by atoms with van der Waals surface area (Å²) in [4.78, 5) is 4.84. The molecule has 1 aliphatic rings. The van der Waals surface area contributed by atoms with Gasteiger partial charge in [0.05, 0.1) is 30.6 Å². The van der Waals surface area contributed by atoms with Gasteiger partial charge < -0.3 is 10.2 Å². The highest BCUT2D eigenvalue weighted by atomic mass is 16.3. The second-order valence-corrected chi connectivity index (χ2v) is 7.42. The molecule has 0 radical (unpaired) electrons. The molecule has 150 valence electrons. The van der Waals surface area contributed by atoms with Gasteiger partial charge in [-0.25, -0.2) is 4.99 Å². The second-order valence-electron chi connectivity index (χ2n) is 7.42. The van der Waals surface area contributed by atoms with Crippen LogP contribution in [-0.4, -0.2) is 44.3 Å². The summed E-state index contributed by atoms with van der Waals surface area (Å²) in [5, 5.41) is 27.7. The minimum absolute atomic E-state index is 0.268. The molecule has 1 aromatic carbocycles. The maximum atomic E-state index is 9.70. The van der Waals surface area contributed by atoms with Crippen LogP contribution in [0.3, 0.4) is 0 Å². The van der Waals surface area contributed by atoms with Crippen LogP contribution in [-0.2, 0) is 13.0 Å². The van der Waals surface area contributed by atoms with Crippen molar-refractivity contribution in [3.05, 3.63) is 35.5 Å². The van der Waals surface area contributed by atoms with E-state index in [1.807, 2.05) is 19.9 Å². The fourth-order valence-electron chi connectivity index (χ4n) is 3.18. The minimum atomic E-state index is -0.820. The first-order valence-corrected chi connectivity index (χ1v) is 9.75. The maximum absolute atomic E-state index is 9.70. The highest BCUT2D eigenvalue weighted by Gasteiger charge is 2.17. The van der Waals surface area contributed by atoms with Gasteiger partial charge in [-0.15, -0.1) is 0 Å². The summed E-state index contributed by atoms with van der Waals surface area (Å²) in [5.74, 6) is 1.25. The molecule has 2 heterocycles. The number of hydrogen-bond acceptors (Lipinski definition) is 5. The Morgan fingerprint density at radius 2 is 2.11 bits per heavy atom. The quantitative estimate of drug-likeness (QED) is 0.715. The number of aliphatic hydroxyl groups is 2. The minimum Gasteiger partial charge on any atom is -0.394 e. The van der Waals surface area contributed by atoms with E-state index in [9.17, 15) is 5.11 Å². The summed E-state index contributed by atoms with van der Waals surface area (Å²) in [7, 11) is 0. The van der Waals surface area contributed by atoms with Crippen molar-refractivity contribution < 1.29 is 10.2 Å². The zero-order valence-electron chi connectivity index (χ0n) is 17.0. The van der Waals surface area contributed by atoms with E-state index in [1.165, 1.54) is 5.56 Å². The van der Waals surface area contributed by atoms with Crippen molar-refractivity contribution in [1.82, 2.24) is 15.2 Å². The van der Waals surface area contributed by atoms with Crippen molar-refractivity contribution in [2.24, 2.45) is 16.0 Å². The summed E-state index contributed by atoms with van der Waals surface area (Å²) in [6.07, 6.45) is 0.912. The molecule has 1 aliphatic heterocycles. The summed E-state index contributed by atoms with van der Waals surface area (Å²) in [6.45, 7) is 8.23. The fourth-order valence-corrected chi connectivity index (χ4v) is 3.18. The van der Waals surface area contributed by atoms with E-state index in [-0.39, 0.29) is 13.2 Å². The Kier molecular flexibility index (Phi) is 6.26. The Morgan fingerprint density at radius 3 is 2.79 bits per heavy atom. The third-order valence-corrected chi connectivity index (χ3v) is 5.17. The Morgan fingerprint density at radius 1 is 1.32 bits per heavy atom. The molecule has 2 unspecified atom stereocenters. The van der Waals surface area contributed by atoms with Crippen LogP contribution in [0.2, 0.25) is 0 Å². The van der Waals surface area contributed by atoms with Crippen LogP contribution in [0.5, 0.6) is 0 Å². The molecule has 0 saturated carbocycles. The largest absolute Gasteiger partial charge is 0.394 e. The van der Waals surface area contributed by atoms with E-state index in [0.717, 1.165) is 47.0 Å². The van der Waals surface area contributed by atoms with Crippen LogP contribution in [0, 0.1) is 12.8 Å². The van der Waals surface area contributed by atoms with Gasteiger partial charge in [-0.3, -0.25) is 10.1 Å². The van der Waals surface area contributed by atoms with Crippen LogP contribution >= 0.6 is 0 Å². The molecule has 0 bridgehead atoms. The molecule has 7 nitrogen and oxygen atoms in total. The molecule has 0 spiro atoms. The summed E-state index contributed by atoms with van der Waals surface area (Å²) in [5.41, 5.74) is 8.98. The van der Waals surface area contributed by atoms with Crippen LogP contribution in [0.15, 0.2) is 34.4 Å². The van der Waals surface area contributed by atoms with E-state index in [1.54, 1.807) is 4.68 Å². The van der Waals surface area contributed by atoms with E-state index in [4.69, 9.17) is 10.1 Å². The molecule has 0 amide bonds. The lowest BCUT2D eigenvalue weighted by Gasteiger charge is -2.19. The number of nitrogens with zero attached hydrogens (tertiary/aromatic N) is 4. The van der Waals surface area contributed by atoms with Crippen molar-refractivity contribution in [2.75, 3.05) is 6.61 Å². The smallest absolute Gasteiger partial charge is 0.123 e. The topological polar surface area (TPSA) is 95.0 Å². The molecule has 7 heteroatoms. The van der Waals surface area contributed by atoms with Crippen molar-refractivity contribution >= 4 is 17.2 Å². The first-order valence-electron chi connectivity index (χ1n) is 9.75. The van der Waals surface area contributed by atoms with Gasteiger partial charge in [0.2, 0.25) is 0 Å². The molecule has 0 fully saturated rings. The molecule has 0 aliphatic carbocycles. The summed E-state index contributed by atoms with van der Waals surface area (Å²) < 4.78 is 1.72. The van der Waals surface area contributed by atoms with Gasteiger partial charge in [0.1, 0.15) is 5.84 Å². The Hall–Kier alpha value is -2.51. The van der Waals surface area contributed by atoms with Gasteiger partial charge in [-0.05, 0) is 38.0 Å². The Bertz CT molecular complexity index is 900. The summed E-state index contributed by atoms with van der Waals surface area (Å²) in [6, 6.07) is 8.18. The molecular formula is C21H29N5O2. The average molecular weight is 383 g/mol. The van der Waals surface area contributed by atoms with E-state index in [0.29, 0.717) is 5.92 Å². The first-order chi connectivity index (χ1) is 13.4. The van der Waals surface area contributed by atoms with E-state index in [2.05, 4.69) is 47.7 Å². The van der Waals surface area contributed by atoms with Gasteiger partial charge in [0, 0.05) is 29.3 Å². The number of hydrazone groups is 1. The predicted octanol–water partition coefficient (Wildman–Crippen LogP) is 2.81. The summed E-state index contributed by atoms with van der Waals surface area (Å²) >= 11 is 0. The number of aliphatic hydroxyl groups excluding tert-OH is 2. The molecule has 0 saturated heterocycles. The lowest BCUT2D eigenvalue weighted by Crippen LogP contribution is -2.30. The van der Waals surface area contributed by atoms with Gasteiger partial charge in [-0.1, -0.05) is 26.0 Å².